The zero-order valence-electron chi connectivity index (χ0n) is 23.9. The van der Waals surface area contributed by atoms with Crippen LogP contribution in [0.2, 0.25) is 0 Å². The van der Waals surface area contributed by atoms with Gasteiger partial charge in [0.25, 0.3) is 0 Å². The van der Waals surface area contributed by atoms with Crippen molar-refractivity contribution in [3.05, 3.63) is 60.2 Å². The molecule has 0 bridgehead atoms. The number of nitriles is 2. The first kappa shape index (κ1) is 45.6. The molecule has 0 spiro atoms. The molecule has 0 saturated carbocycles. The third kappa shape index (κ3) is 32.3. The number of halogens is 12. The fourth-order valence-electron chi connectivity index (χ4n) is 4.37. The molecule has 0 amide bonds. The van der Waals surface area contributed by atoms with Crippen molar-refractivity contribution in [1.29, 1.82) is 10.5 Å². The number of aromatic nitrogens is 2. The Morgan fingerprint density at radius 2 is 0.911 bits per heavy atom. The molecule has 0 N–H and O–H groups in total. The molecular formula is C24H32F12FeN6Sb2. The van der Waals surface area contributed by atoms with Crippen LogP contribution in [0.1, 0.15) is 50.9 Å². The van der Waals surface area contributed by atoms with Gasteiger partial charge in [-0.2, -0.15) is 10.5 Å². The molecule has 4 rings (SSSR count). The van der Waals surface area contributed by atoms with Gasteiger partial charge in [-0.05, 0) is 63.0 Å². The molecule has 45 heavy (non-hydrogen) atoms. The summed E-state index contributed by atoms with van der Waals surface area (Å²) in [4.78, 5) is 14.4. The molecule has 6 nitrogen and oxygen atoms in total. The normalized spacial score (nSPS) is 21.1. The molecule has 21 heteroatoms. The van der Waals surface area contributed by atoms with Crippen LogP contribution in [0.3, 0.4) is 0 Å². The number of hydrogen-bond acceptors (Lipinski definition) is 6. The van der Waals surface area contributed by atoms with E-state index in [0.29, 0.717) is 12.1 Å². The van der Waals surface area contributed by atoms with Gasteiger partial charge in [0.05, 0.1) is 23.5 Å². The summed E-state index contributed by atoms with van der Waals surface area (Å²) in [6, 6.07) is 17.3. The van der Waals surface area contributed by atoms with Gasteiger partial charge >= 0.3 is 89.8 Å². The van der Waals surface area contributed by atoms with Gasteiger partial charge in [0, 0.05) is 51.4 Å². The minimum absolute atomic E-state index is 0. The Kier molecular flexibility index (Phi) is 16.8. The second-order valence-corrected chi connectivity index (χ2v) is 20.3. The topological polar surface area (TPSA) is 79.8 Å². The largest absolute Gasteiger partial charge is 2.00 e. The number of rotatable bonds is 5. The van der Waals surface area contributed by atoms with Crippen LogP contribution < -0.4 is 0 Å². The molecule has 0 radical (unpaired) electrons. The first-order chi connectivity index (χ1) is 19.6. The van der Waals surface area contributed by atoms with E-state index in [9.17, 15) is 33.8 Å². The molecule has 2 fully saturated rings. The van der Waals surface area contributed by atoms with Gasteiger partial charge in [0.15, 0.2) is 0 Å². The Bertz CT molecular complexity index is 1100. The monoisotopic (exact) mass is 930 g/mol. The Hall–Kier alpha value is -1.48. The average Bonchev–Trinajstić information content (AvgIpc) is 3.46. The fraction of sp³-hybridized carbons (Fsp3) is 0.500. The summed E-state index contributed by atoms with van der Waals surface area (Å²) in [5.74, 6) is 0. The summed E-state index contributed by atoms with van der Waals surface area (Å²) in [7, 11) is 0. The number of hydrogen-bond donors (Lipinski definition) is 0. The van der Waals surface area contributed by atoms with E-state index >= 15 is 0 Å². The molecule has 4 heterocycles. The van der Waals surface area contributed by atoms with Gasteiger partial charge < -0.3 is 0 Å². The van der Waals surface area contributed by atoms with Gasteiger partial charge in [0.1, 0.15) is 0 Å². The smallest absolute Gasteiger partial charge is 0.293 e. The third-order valence-electron chi connectivity index (χ3n) is 5.46. The molecule has 260 valence electrons. The van der Waals surface area contributed by atoms with E-state index in [1.807, 2.05) is 24.5 Å². The van der Waals surface area contributed by atoms with Gasteiger partial charge in [-0.3, -0.25) is 19.8 Å². The number of nitrogens with zero attached hydrogens (tertiary/aromatic N) is 6. The average molecular weight is 932 g/mol. The van der Waals surface area contributed by atoms with Crippen molar-refractivity contribution >= 4 is 39.0 Å². The van der Waals surface area contributed by atoms with Gasteiger partial charge in [-0.15, -0.1) is 0 Å². The molecule has 2 aliphatic heterocycles. The molecule has 2 aliphatic rings. The molecule has 2 aromatic heterocycles. The summed E-state index contributed by atoms with van der Waals surface area (Å²) in [6.07, 6.45) is 9.07. The first-order valence-corrected chi connectivity index (χ1v) is 24.2. The van der Waals surface area contributed by atoms with Gasteiger partial charge in [-0.25, -0.2) is 0 Å². The van der Waals surface area contributed by atoms with Crippen molar-refractivity contribution in [2.45, 2.75) is 64.7 Å². The van der Waals surface area contributed by atoms with Crippen molar-refractivity contribution in [3.63, 3.8) is 0 Å². The Morgan fingerprint density at radius 3 is 1.13 bits per heavy atom. The van der Waals surface area contributed by atoms with Crippen molar-refractivity contribution in [2.75, 3.05) is 13.1 Å². The second-order valence-electron chi connectivity index (χ2n) is 9.37. The molecule has 2 aromatic rings. The number of pyridine rings is 2. The fourth-order valence-corrected chi connectivity index (χ4v) is 4.37. The van der Waals surface area contributed by atoms with E-state index in [0.717, 1.165) is 13.1 Å². The number of likely N-dealkylation sites (tertiary alicyclic amines) is 2. The molecule has 0 aromatic carbocycles. The van der Waals surface area contributed by atoms with Crippen LogP contribution >= 0.6 is 0 Å². The molecular weight excluding hydrogens is 900 g/mol. The van der Waals surface area contributed by atoms with Crippen LogP contribution in [-0.2, 0) is 30.2 Å². The van der Waals surface area contributed by atoms with E-state index in [1.165, 1.54) is 64.0 Å². The minimum atomic E-state index is -11.2. The predicted octanol–water partition coefficient (Wildman–Crippen LogP) is 8.44. The van der Waals surface area contributed by atoms with E-state index < -0.39 is 39.0 Å². The third-order valence-corrected chi connectivity index (χ3v) is 5.46. The van der Waals surface area contributed by atoms with Gasteiger partial charge in [-0.1, -0.05) is 12.1 Å². The maximum absolute atomic E-state index is 11.2. The minimum Gasteiger partial charge on any atom is -0.293 e. The van der Waals surface area contributed by atoms with Crippen molar-refractivity contribution in [3.8, 4) is 12.1 Å². The van der Waals surface area contributed by atoms with Crippen LogP contribution in [0.4, 0.5) is 33.8 Å². The van der Waals surface area contributed by atoms with E-state index in [-0.39, 0.29) is 17.1 Å². The second kappa shape index (κ2) is 16.6. The van der Waals surface area contributed by atoms with Crippen LogP contribution in [0.25, 0.3) is 0 Å². The summed E-state index contributed by atoms with van der Waals surface area (Å²) >= 11 is -22.5. The van der Waals surface area contributed by atoms with Crippen LogP contribution in [0, 0.1) is 22.7 Å². The van der Waals surface area contributed by atoms with E-state index in [2.05, 4.69) is 44.0 Å². The van der Waals surface area contributed by atoms with E-state index in [1.54, 1.807) is 12.1 Å². The standard InChI is InChI=1S/C20H26N4.2C2H3N.12FH.Fe.2Sb/c1-3-11-21-17(7-1)15-23-13-5-9-19(23)20-10-6-14-24(20)16-18-8-2-4-12-22-18;2*1-2-3;;;;;;;;;;;;;;;/h1-4,7-8,11-12,19-20H,5-6,9-10,13-16H2;2*1H3;12*1H;;;/q;;;;;;;;;;;;;;;+2;2*+5/p-12/t19-,20-;;;;;;;;;;;;;;;;;/m0................./s1. The van der Waals surface area contributed by atoms with E-state index in [4.69, 9.17) is 10.5 Å². The SMILES string of the molecule is CC#N.CC#N.[F][Sb-]([F])([F])([F])([F])[F].[F][Sb-]([F])([F])([F])([F])[F].[Fe+2].c1ccc(CN2CCC[C@H]2[C@@H]2CCCN2Cc2ccccn2)nc1. The zero-order valence-corrected chi connectivity index (χ0v) is 30.1. The first-order valence-electron chi connectivity index (χ1n) is 12.7. The summed E-state index contributed by atoms with van der Waals surface area (Å²) in [5, 5.41) is 14.6. The predicted molar refractivity (Wildman–Crippen MR) is 143 cm³/mol. The molecule has 2 saturated heterocycles. The quantitative estimate of drug-likeness (QED) is 0.222. The Balaban J connectivity index is 0. The van der Waals surface area contributed by atoms with Crippen LogP contribution in [0.15, 0.2) is 48.8 Å². The van der Waals surface area contributed by atoms with Gasteiger partial charge in [0.2, 0.25) is 0 Å². The summed E-state index contributed by atoms with van der Waals surface area (Å²) in [6.45, 7) is 7.24. The summed E-state index contributed by atoms with van der Waals surface area (Å²) in [5.41, 5.74) is 2.39. The van der Waals surface area contributed by atoms with Crippen molar-refractivity contribution < 1.29 is 50.8 Å². The van der Waals surface area contributed by atoms with Crippen molar-refractivity contribution in [2.24, 2.45) is 0 Å². The molecule has 0 aliphatic carbocycles. The zero-order chi connectivity index (χ0) is 34.4. The maximum Gasteiger partial charge on any atom is 2.00 e. The van der Waals surface area contributed by atoms with Crippen molar-refractivity contribution in [1.82, 2.24) is 19.8 Å². The molecule has 2 atom stereocenters. The molecule has 0 unspecified atom stereocenters. The summed E-state index contributed by atoms with van der Waals surface area (Å²) < 4.78 is 119. The Labute approximate surface area is 268 Å². The maximum atomic E-state index is 9.93. The van der Waals surface area contributed by atoms with Crippen LogP contribution in [-0.4, -0.2) is 83.9 Å². The Morgan fingerprint density at radius 1 is 0.644 bits per heavy atom. The van der Waals surface area contributed by atoms with Crippen LogP contribution in [0.5, 0.6) is 0 Å².